The van der Waals surface area contributed by atoms with Crippen LogP contribution >= 0.6 is 0 Å². The van der Waals surface area contributed by atoms with Gasteiger partial charge in [0, 0.05) is 22.3 Å². The molecular weight excluding hydrogens is 482 g/mol. The third kappa shape index (κ3) is 4.78. The molecule has 0 N–H and O–H groups in total. The normalized spacial score (nSPS) is 14.6. The van der Waals surface area contributed by atoms with Crippen LogP contribution in [-0.4, -0.2) is 5.54 Å². The first-order valence-electron chi connectivity index (χ1n) is 14.8. The van der Waals surface area contributed by atoms with E-state index in [4.69, 9.17) is 0 Å². The van der Waals surface area contributed by atoms with Crippen molar-refractivity contribution in [2.24, 2.45) is 0 Å². The quantitative estimate of drug-likeness (QED) is 0.255. The number of hydrogen-bond acceptors (Lipinski definition) is 1. The van der Waals surface area contributed by atoms with Crippen molar-refractivity contribution >= 4 is 11.4 Å². The molecule has 1 aliphatic rings. The molecule has 0 heterocycles. The largest absolute Gasteiger partial charge is 0.336 e. The van der Waals surface area contributed by atoms with Crippen LogP contribution in [0.1, 0.15) is 98.4 Å². The van der Waals surface area contributed by atoms with Gasteiger partial charge in [0.2, 0.25) is 0 Å². The highest BCUT2D eigenvalue weighted by atomic mass is 15.2. The second-order valence-electron chi connectivity index (χ2n) is 15.2. The summed E-state index contributed by atoms with van der Waals surface area (Å²) < 4.78 is 0. The molecule has 4 aromatic carbocycles. The number of nitrogens with zero attached hydrogens (tertiary/aromatic N) is 1. The standard InChI is InChI=1S/C39H47N/c1-36(2,3)31-22-21-27(26-17-13-12-14-18-26)23-34(31)40(38(7,8)9)35-25-32-29(24-33(35)37(4,5)6)28-19-15-16-20-30(28)39(32,10)11/h12-25H,1-11H3. The minimum Gasteiger partial charge on any atom is -0.336 e. The predicted molar refractivity (Wildman–Crippen MR) is 175 cm³/mol. The summed E-state index contributed by atoms with van der Waals surface area (Å²) in [5.74, 6) is 0. The first-order valence-corrected chi connectivity index (χ1v) is 14.8. The van der Waals surface area contributed by atoms with E-state index in [-0.39, 0.29) is 21.8 Å². The zero-order chi connectivity index (χ0) is 29.3. The van der Waals surface area contributed by atoms with Crippen LogP contribution in [0.15, 0.2) is 84.9 Å². The summed E-state index contributed by atoms with van der Waals surface area (Å²) in [5.41, 5.74) is 13.2. The van der Waals surface area contributed by atoms with E-state index in [9.17, 15) is 0 Å². The summed E-state index contributed by atoms with van der Waals surface area (Å²) >= 11 is 0. The van der Waals surface area contributed by atoms with Crippen molar-refractivity contribution in [1.29, 1.82) is 0 Å². The van der Waals surface area contributed by atoms with E-state index in [2.05, 4.69) is 166 Å². The number of fused-ring (bicyclic) bond motifs is 3. The van der Waals surface area contributed by atoms with Crippen molar-refractivity contribution in [2.75, 3.05) is 4.90 Å². The second-order valence-corrected chi connectivity index (χ2v) is 15.2. The van der Waals surface area contributed by atoms with Gasteiger partial charge in [-0.3, -0.25) is 0 Å². The fourth-order valence-electron chi connectivity index (χ4n) is 6.54. The molecule has 208 valence electrons. The predicted octanol–water partition coefficient (Wildman–Crippen LogP) is 11.2. The van der Waals surface area contributed by atoms with Crippen molar-refractivity contribution in [3.63, 3.8) is 0 Å². The van der Waals surface area contributed by atoms with E-state index in [1.807, 2.05) is 0 Å². The Morgan fingerprint density at radius 1 is 0.500 bits per heavy atom. The van der Waals surface area contributed by atoms with E-state index in [0.717, 1.165) is 0 Å². The van der Waals surface area contributed by atoms with Crippen molar-refractivity contribution in [2.45, 2.75) is 97.9 Å². The summed E-state index contributed by atoms with van der Waals surface area (Å²) in [7, 11) is 0. The van der Waals surface area contributed by atoms with Crippen LogP contribution in [0.2, 0.25) is 0 Å². The zero-order valence-corrected chi connectivity index (χ0v) is 26.5. The maximum atomic E-state index is 2.64. The molecule has 0 unspecified atom stereocenters. The van der Waals surface area contributed by atoms with Gasteiger partial charge in [-0.2, -0.15) is 0 Å². The Bertz CT molecular complexity index is 1550. The van der Waals surface area contributed by atoms with Gasteiger partial charge in [-0.1, -0.05) is 122 Å². The van der Waals surface area contributed by atoms with E-state index >= 15 is 0 Å². The first-order chi connectivity index (χ1) is 18.5. The Morgan fingerprint density at radius 3 is 1.68 bits per heavy atom. The van der Waals surface area contributed by atoms with E-state index in [1.165, 1.54) is 55.9 Å². The first kappa shape index (κ1) is 28.2. The van der Waals surface area contributed by atoms with Gasteiger partial charge in [0.05, 0.1) is 0 Å². The third-order valence-corrected chi connectivity index (χ3v) is 8.57. The number of benzene rings is 4. The molecule has 1 heteroatoms. The smallest absolute Gasteiger partial charge is 0.0459 e. The molecule has 0 aliphatic heterocycles. The number of rotatable bonds is 3. The SMILES string of the molecule is CC(C)(C)c1ccc(-c2ccccc2)cc1N(c1cc2c(cc1C(C)(C)C)-c1ccccc1C2(C)C)C(C)(C)C. The van der Waals surface area contributed by atoms with Crippen molar-refractivity contribution in [1.82, 2.24) is 0 Å². The average Bonchev–Trinajstić information content (AvgIpc) is 3.08. The maximum absolute atomic E-state index is 2.64. The molecule has 0 bridgehead atoms. The van der Waals surface area contributed by atoms with Crippen LogP contribution in [0.3, 0.4) is 0 Å². The molecule has 0 saturated carbocycles. The zero-order valence-electron chi connectivity index (χ0n) is 26.5. The Morgan fingerprint density at radius 2 is 1.07 bits per heavy atom. The monoisotopic (exact) mass is 529 g/mol. The highest BCUT2D eigenvalue weighted by molar-refractivity contribution is 5.86. The van der Waals surface area contributed by atoms with Crippen LogP contribution in [0, 0.1) is 0 Å². The highest BCUT2D eigenvalue weighted by Gasteiger charge is 2.39. The van der Waals surface area contributed by atoms with Crippen LogP contribution in [0.25, 0.3) is 22.3 Å². The molecule has 40 heavy (non-hydrogen) atoms. The van der Waals surface area contributed by atoms with Gasteiger partial charge in [-0.15, -0.1) is 0 Å². The second kappa shape index (κ2) is 9.37. The van der Waals surface area contributed by atoms with Crippen molar-refractivity contribution in [3.05, 3.63) is 107 Å². The minimum atomic E-state index is -0.154. The Hall–Kier alpha value is -3.32. The van der Waals surface area contributed by atoms with Gasteiger partial charge in [-0.25, -0.2) is 0 Å². The molecule has 0 fully saturated rings. The van der Waals surface area contributed by atoms with Gasteiger partial charge in [0.1, 0.15) is 0 Å². The summed E-state index contributed by atoms with van der Waals surface area (Å²) in [4.78, 5) is 2.64. The molecule has 0 aromatic heterocycles. The van der Waals surface area contributed by atoms with Crippen LogP contribution in [-0.2, 0) is 16.2 Å². The van der Waals surface area contributed by atoms with Crippen LogP contribution in [0.4, 0.5) is 11.4 Å². The van der Waals surface area contributed by atoms with E-state index in [0.29, 0.717) is 0 Å². The van der Waals surface area contributed by atoms with Gasteiger partial charge in [0.15, 0.2) is 0 Å². The molecule has 4 aromatic rings. The number of hydrogen-bond donors (Lipinski definition) is 0. The summed E-state index contributed by atoms with van der Waals surface area (Å²) in [6, 6.07) is 31.9. The topological polar surface area (TPSA) is 3.24 Å². The molecule has 1 aliphatic carbocycles. The van der Waals surface area contributed by atoms with Gasteiger partial charge in [0.25, 0.3) is 0 Å². The minimum absolute atomic E-state index is 0.0117. The molecule has 1 nitrogen and oxygen atoms in total. The molecule has 0 amide bonds. The number of anilines is 2. The fraction of sp³-hybridized carbons (Fsp3) is 0.385. The lowest BCUT2D eigenvalue weighted by Crippen LogP contribution is -2.40. The van der Waals surface area contributed by atoms with E-state index < -0.39 is 0 Å². The lowest BCUT2D eigenvalue weighted by atomic mass is 9.78. The summed E-state index contributed by atoms with van der Waals surface area (Å²) in [6.45, 7) is 25.9. The lowest BCUT2D eigenvalue weighted by Gasteiger charge is -2.44. The molecule has 0 atom stereocenters. The van der Waals surface area contributed by atoms with Crippen molar-refractivity contribution in [3.8, 4) is 22.3 Å². The average molecular weight is 530 g/mol. The molecular formula is C39H47N. The third-order valence-electron chi connectivity index (χ3n) is 8.57. The molecule has 0 spiro atoms. The maximum Gasteiger partial charge on any atom is 0.0459 e. The lowest BCUT2D eigenvalue weighted by molar-refractivity contribution is 0.531. The van der Waals surface area contributed by atoms with Gasteiger partial charge in [-0.05, 0) is 94.3 Å². The highest BCUT2D eigenvalue weighted by Crippen LogP contribution is 2.53. The fourth-order valence-corrected chi connectivity index (χ4v) is 6.54. The van der Waals surface area contributed by atoms with Crippen LogP contribution < -0.4 is 4.90 Å². The summed E-state index contributed by atoms with van der Waals surface area (Å²) in [5, 5.41) is 0. The van der Waals surface area contributed by atoms with E-state index in [1.54, 1.807) is 0 Å². The Balaban J connectivity index is 1.86. The summed E-state index contributed by atoms with van der Waals surface area (Å²) in [6.07, 6.45) is 0. The van der Waals surface area contributed by atoms with Gasteiger partial charge < -0.3 is 4.90 Å². The molecule has 0 radical (unpaired) electrons. The van der Waals surface area contributed by atoms with Crippen molar-refractivity contribution < 1.29 is 0 Å². The molecule has 5 rings (SSSR count). The Labute approximate surface area is 243 Å². The Kier molecular flexibility index (Phi) is 6.61. The molecule has 0 saturated heterocycles. The van der Waals surface area contributed by atoms with Crippen LogP contribution in [0.5, 0.6) is 0 Å². The van der Waals surface area contributed by atoms with Gasteiger partial charge >= 0.3 is 0 Å².